The highest BCUT2D eigenvalue weighted by Gasteiger charge is 2.05. The minimum Gasteiger partial charge on any atom is -0.478 e. The summed E-state index contributed by atoms with van der Waals surface area (Å²) in [5.74, 6) is 0.626. The minimum absolute atomic E-state index is 0.122. The van der Waals surface area contributed by atoms with Crippen molar-refractivity contribution < 1.29 is 9.47 Å². The highest BCUT2D eigenvalue weighted by atomic mass is 16.5. The molecule has 1 atom stereocenters. The van der Waals surface area contributed by atoms with E-state index in [9.17, 15) is 0 Å². The third kappa shape index (κ3) is 2.97. The van der Waals surface area contributed by atoms with Crippen molar-refractivity contribution in [1.82, 2.24) is 4.98 Å². The van der Waals surface area contributed by atoms with Crippen molar-refractivity contribution in [2.45, 2.75) is 13.0 Å². The van der Waals surface area contributed by atoms with Crippen LogP contribution in [0.5, 0.6) is 5.88 Å². The van der Waals surface area contributed by atoms with E-state index in [0.717, 1.165) is 5.56 Å². The van der Waals surface area contributed by atoms with Crippen molar-refractivity contribution in [2.24, 2.45) is 5.73 Å². The number of methoxy groups -OCH3 is 1. The largest absolute Gasteiger partial charge is 0.478 e. The van der Waals surface area contributed by atoms with E-state index in [0.29, 0.717) is 19.1 Å². The number of nitrogens with two attached hydrogens (primary N) is 1. The van der Waals surface area contributed by atoms with E-state index in [1.807, 2.05) is 19.1 Å². The highest BCUT2D eigenvalue weighted by molar-refractivity contribution is 5.20. The van der Waals surface area contributed by atoms with Gasteiger partial charge in [-0.25, -0.2) is 4.98 Å². The predicted octanol–water partition coefficient (Wildman–Crippen LogP) is 1.13. The van der Waals surface area contributed by atoms with Crippen LogP contribution in [0.3, 0.4) is 0 Å². The summed E-state index contributed by atoms with van der Waals surface area (Å²) in [4.78, 5) is 4.11. The van der Waals surface area contributed by atoms with Crippen LogP contribution in [0.2, 0.25) is 0 Å². The van der Waals surface area contributed by atoms with Gasteiger partial charge in [0.15, 0.2) is 0 Å². The zero-order chi connectivity index (χ0) is 10.4. The molecule has 4 heteroatoms. The van der Waals surface area contributed by atoms with E-state index in [2.05, 4.69) is 4.98 Å². The summed E-state index contributed by atoms with van der Waals surface area (Å²) in [5.41, 5.74) is 6.78. The van der Waals surface area contributed by atoms with E-state index in [1.165, 1.54) is 0 Å². The summed E-state index contributed by atoms with van der Waals surface area (Å²) in [6.07, 6.45) is 1.72. The number of hydrogen-bond acceptors (Lipinski definition) is 4. The predicted molar refractivity (Wildman–Crippen MR) is 54.2 cm³/mol. The van der Waals surface area contributed by atoms with Crippen LogP contribution in [0.25, 0.3) is 0 Å². The summed E-state index contributed by atoms with van der Waals surface area (Å²) in [5, 5.41) is 0. The van der Waals surface area contributed by atoms with Crippen LogP contribution in [-0.4, -0.2) is 25.3 Å². The number of aromatic nitrogens is 1. The first-order valence-corrected chi connectivity index (χ1v) is 4.61. The van der Waals surface area contributed by atoms with E-state index in [-0.39, 0.29) is 6.04 Å². The molecular formula is C10H16N2O2. The maximum atomic E-state index is 5.82. The first-order valence-electron chi connectivity index (χ1n) is 4.61. The fourth-order valence-corrected chi connectivity index (χ4v) is 1.12. The van der Waals surface area contributed by atoms with Gasteiger partial charge in [0.05, 0.1) is 19.3 Å². The van der Waals surface area contributed by atoms with Gasteiger partial charge in [0.2, 0.25) is 5.88 Å². The second-order valence-electron chi connectivity index (χ2n) is 2.92. The normalized spacial score (nSPS) is 12.5. The average Bonchev–Trinajstić information content (AvgIpc) is 2.20. The third-order valence-corrected chi connectivity index (χ3v) is 1.83. The fourth-order valence-electron chi connectivity index (χ4n) is 1.12. The Morgan fingerprint density at radius 2 is 2.29 bits per heavy atom. The summed E-state index contributed by atoms with van der Waals surface area (Å²) in [7, 11) is 1.63. The van der Waals surface area contributed by atoms with Crippen molar-refractivity contribution in [3.8, 4) is 5.88 Å². The van der Waals surface area contributed by atoms with Crippen LogP contribution in [-0.2, 0) is 4.74 Å². The SMILES string of the molecule is CCOc1ccc([C@@H](N)COC)cn1. The Labute approximate surface area is 84.0 Å². The number of nitrogens with zero attached hydrogens (tertiary/aromatic N) is 1. The quantitative estimate of drug-likeness (QED) is 0.766. The smallest absolute Gasteiger partial charge is 0.213 e. The Hall–Kier alpha value is -1.13. The van der Waals surface area contributed by atoms with E-state index < -0.39 is 0 Å². The van der Waals surface area contributed by atoms with Gasteiger partial charge < -0.3 is 15.2 Å². The molecule has 1 rings (SSSR count). The molecule has 0 saturated carbocycles. The van der Waals surface area contributed by atoms with Gasteiger partial charge in [0, 0.05) is 19.4 Å². The Morgan fingerprint density at radius 1 is 1.50 bits per heavy atom. The minimum atomic E-state index is -0.122. The molecule has 0 bridgehead atoms. The first kappa shape index (κ1) is 10.9. The van der Waals surface area contributed by atoms with E-state index in [1.54, 1.807) is 13.3 Å². The molecule has 0 aromatic carbocycles. The second-order valence-corrected chi connectivity index (χ2v) is 2.92. The maximum Gasteiger partial charge on any atom is 0.213 e. The molecule has 1 aromatic rings. The lowest BCUT2D eigenvalue weighted by atomic mass is 10.1. The molecule has 0 aliphatic heterocycles. The standard InChI is InChI=1S/C10H16N2O2/c1-3-14-10-5-4-8(6-12-10)9(11)7-13-2/h4-6,9H,3,7,11H2,1-2H3/t9-/m0/s1. The van der Waals surface area contributed by atoms with Gasteiger partial charge in [-0.1, -0.05) is 6.07 Å². The van der Waals surface area contributed by atoms with Gasteiger partial charge in [-0.3, -0.25) is 0 Å². The van der Waals surface area contributed by atoms with Gasteiger partial charge in [-0.15, -0.1) is 0 Å². The summed E-state index contributed by atoms with van der Waals surface area (Å²) in [6, 6.07) is 3.60. The van der Waals surface area contributed by atoms with Crippen molar-refractivity contribution >= 4 is 0 Å². The number of rotatable bonds is 5. The summed E-state index contributed by atoms with van der Waals surface area (Å²) in [6.45, 7) is 3.04. The van der Waals surface area contributed by atoms with Crippen molar-refractivity contribution in [3.05, 3.63) is 23.9 Å². The summed E-state index contributed by atoms with van der Waals surface area (Å²) < 4.78 is 10.2. The highest BCUT2D eigenvalue weighted by Crippen LogP contribution is 2.12. The second kappa shape index (κ2) is 5.57. The van der Waals surface area contributed by atoms with Crippen molar-refractivity contribution in [1.29, 1.82) is 0 Å². The molecule has 1 aromatic heterocycles. The zero-order valence-electron chi connectivity index (χ0n) is 8.56. The Kier molecular flexibility index (Phi) is 4.35. The van der Waals surface area contributed by atoms with Gasteiger partial charge in [0.25, 0.3) is 0 Å². The molecule has 0 radical (unpaired) electrons. The first-order chi connectivity index (χ1) is 6.77. The Morgan fingerprint density at radius 3 is 2.79 bits per heavy atom. The third-order valence-electron chi connectivity index (χ3n) is 1.83. The number of ether oxygens (including phenoxy) is 2. The summed E-state index contributed by atoms with van der Waals surface area (Å²) >= 11 is 0. The zero-order valence-corrected chi connectivity index (χ0v) is 8.56. The Balaban J connectivity index is 2.62. The monoisotopic (exact) mass is 196 g/mol. The lowest BCUT2D eigenvalue weighted by Crippen LogP contribution is -2.16. The molecule has 0 amide bonds. The maximum absolute atomic E-state index is 5.82. The van der Waals surface area contributed by atoms with Crippen LogP contribution in [0.15, 0.2) is 18.3 Å². The number of hydrogen-bond donors (Lipinski definition) is 1. The van der Waals surface area contributed by atoms with Gasteiger partial charge in [-0.2, -0.15) is 0 Å². The molecular weight excluding hydrogens is 180 g/mol. The molecule has 0 spiro atoms. The molecule has 0 fully saturated rings. The molecule has 4 nitrogen and oxygen atoms in total. The number of pyridine rings is 1. The Bertz CT molecular complexity index is 261. The van der Waals surface area contributed by atoms with Crippen LogP contribution < -0.4 is 10.5 Å². The lowest BCUT2D eigenvalue weighted by Gasteiger charge is -2.10. The molecule has 1 heterocycles. The van der Waals surface area contributed by atoms with Crippen LogP contribution in [0.1, 0.15) is 18.5 Å². The molecule has 78 valence electrons. The molecule has 0 saturated heterocycles. The van der Waals surface area contributed by atoms with Gasteiger partial charge in [0.1, 0.15) is 0 Å². The van der Waals surface area contributed by atoms with Crippen molar-refractivity contribution in [2.75, 3.05) is 20.3 Å². The van der Waals surface area contributed by atoms with Crippen LogP contribution >= 0.6 is 0 Å². The van der Waals surface area contributed by atoms with Gasteiger partial charge in [-0.05, 0) is 12.5 Å². The van der Waals surface area contributed by atoms with Crippen molar-refractivity contribution in [3.63, 3.8) is 0 Å². The van der Waals surface area contributed by atoms with Crippen LogP contribution in [0, 0.1) is 0 Å². The van der Waals surface area contributed by atoms with E-state index >= 15 is 0 Å². The molecule has 2 N–H and O–H groups in total. The molecule has 0 unspecified atom stereocenters. The van der Waals surface area contributed by atoms with Crippen LogP contribution in [0.4, 0.5) is 0 Å². The molecule has 0 aliphatic rings. The molecule has 0 aliphatic carbocycles. The van der Waals surface area contributed by atoms with E-state index in [4.69, 9.17) is 15.2 Å². The lowest BCUT2D eigenvalue weighted by molar-refractivity contribution is 0.180. The molecule has 14 heavy (non-hydrogen) atoms. The average molecular weight is 196 g/mol. The topological polar surface area (TPSA) is 57.4 Å². The van der Waals surface area contributed by atoms with Gasteiger partial charge >= 0.3 is 0 Å². The fraction of sp³-hybridized carbons (Fsp3) is 0.500.